The Hall–Kier alpha value is -0.570. The summed E-state index contributed by atoms with van der Waals surface area (Å²) in [6, 6.07) is 4.59. The van der Waals surface area contributed by atoms with Gasteiger partial charge in [-0.2, -0.15) is 0 Å². The molecule has 0 aliphatic heterocycles. The fourth-order valence-corrected chi connectivity index (χ4v) is 3.73. The fourth-order valence-electron chi connectivity index (χ4n) is 3.37. The summed E-state index contributed by atoms with van der Waals surface area (Å²) in [5.74, 6) is 2.87. The van der Waals surface area contributed by atoms with Crippen LogP contribution < -0.4 is 4.74 Å². The van der Waals surface area contributed by atoms with Crippen LogP contribution in [0, 0.1) is 23.6 Å². The molecule has 3 unspecified atom stereocenters. The van der Waals surface area contributed by atoms with Gasteiger partial charge in [0.05, 0.1) is 11.1 Å². The molecular formula is C14H16BrFO. The van der Waals surface area contributed by atoms with Crippen molar-refractivity contribution in [3.8, 4) is 5.75 Å². The number of rotatable bonds is 3. The number of ether oxygens (including phenoxy) is 1. The molecule has 3 heteroatoms. The Balaban J connectivity index is 1.62. The lowest BCUT2D eigenvalue weighted by atomic mass is 9.89. The molecule has 1 nitrogen and oxygen atoms in total. The first-order valence-electron chi connectivity index (χ1n) is 6.30. The molecule has 2 fully saturated rings. The minimum absolute atomic E-state index is 0.240. The highest BCUT2D eigenvalue weighted by molar-refractivity contribution is 9.10. The lowest BCUT2D eigenvalue weighted by Gasteiger charge is -2.22. The molecule has 2 saturated carbocycles. The van der Waals surface area contributed by atoms with Gasteiger partial charge in [-0.3, -0.25) is 0 Å². The molecule has 17 heavy (non-hydrogen) atoms. The normalized spacial score (nSPS) is 30.8. The maximum Gasteiger partial charge on any atom is 0.136 e. The number of hydrogen-bond donors (Lipinski definition) is 0. The third-order valence-electron chi connectivity index (χ3n) is 4.23. The maximum atomic E-state index is 13.1. The smallest absolute Gasteiger partial charge is 0.136 e. The van der Waals surface area contributed by atoms with Crippen molar-refractivity contribution in [1.29, 1.82) is 0 Å². The zero-order valence-corrected chi connectivity index (χ0v) is 11.2. The first kappa shape index (κ1) is 11.5. The van der Waals surface area contributed by atoms with Gasteiger partial charge in [-0.05, 0) is 65.1 Å². The second kappa shape index (κ2) is 4.60. The van der Waals surface area contributed by atoms with Crippen molar-refractivity contribution >= 4 is 15.9 Å². The Morgan fingerprint density at radius 3 is 2.88 bits per heavy atom. The predicted octanol–water partition coefficient (Wildman–Crippen LogP) is 4.40. The molecule has 0 N–H and O–H groups in total. The van der Waals surface area contributed by atoms with Gasteiger partial charge in [-0.25, -0.2) is 4.39 Å². The number of fused-ring (bicyclic) bond motifs is 2. The van der Waals surface area contributed by atoms with Crippen LogP contribution >= 0.6 is 15.9 Å². The van der Waals surface area contributed by atoms with Crippen LogP contribution in [0.1, 0.15) is 25.7 Å². The van der Waals surface area contributed by atoms with E-state index in [0.29, 0.717) is 11.7 Å². The third kappa shape index (κ3) is 2.35. The zero-order chi connectivity index (χ0) is 11.8. The van der Waals surface area contributed by atoms with Crippen molar-refractivity contribution in [2.24, 2.45) is 17.8 Å². The van der Waals surface area contributed by atoms with Crippen LogP contribution in [0.2, 0.25) is 0 Å². The molecule has 1 aromatic rings. The average Bonchev–Trinajstić information content (AvgIpc) is 2.92. The highest BCUT2D eigenvalue weighted by Gasteiger charge is 2.39. The highest BCUT2D eigenvalue weighted by atomic mass is 79.9. The summed E-state index contributed by atoms with van der Waals surface area (Å²) in [5, 5.41) is 0. The summed E-state index contributed by atoms with van der Waals surface area (Å²) in [6.07, 6.45) is 5.46. The molecule has 1 aromatic carbocycles. The molecule has 0 amide bonds. The maximum absolute atomic E-state index is 13.1. The van der Waals surface area contributed by atoms with Crippen LogP contribution in [0.15, 0.2) is 22.7 Å². The van der Waals surface area contributed by atoms with Crippen molar-refractivity contribution in [2.75, 3.05) is 6.61 Å². The summed E-state index contributed by atoms with van der Waals surface area (Å²) in [5.41, 5.74) is 0. The molecule has 0 spiro atoms. The lowest BCUT2D eigenvalue weighted by Crippen LogP contribution is -2.18. The van der Waals surface area contributed by atoms with Crippen LogP contribution in [-0.2, 0) is 0 Å². The first-order chi connectivity index (χ1) is 8.22. The summed E-state index contributed by atoms with van der Waals surface area (Å²) in [6.45, 7) is 0.739. The van der Waals surface area contributed by atoms with Crippen LogP contribution in [0.4, 0.5) is 4.39 Å². The lowest BCUT2D eigenvalue weighted by molar-refractivity contribution is 0.194. The SMILES string of the molecule is Fc1ccc(Br)c(OCC2CC3CCC2C3)c1. The van der Waals surface area contributed by atoms with Gasteiger partial charge in [0.15, 0.2) is 0 Å². The molecule has 3 rings (SSSR count). The molecule has 2 aliphatic rings. The quantitative estimate of drug-likeness (QED) is 0.803. The van der Waals surface area contributed by atoms with E-state index in [4.69, 9.17) is 4.74 Å². The molecule has 0 aromatic heterocycles. The van der Waals surface area contributed by atoms with E-state index in [9.17, 15) is 4.39 Å². The Labute approximate surface area is 109 Å². The molecule has 92 valence electrons. The van der Waals surface area contributed by atoms with Crippen LogP contribution in [-0.4, -0.2) is 6.61 Å². The summed E-state index contributed by atoms with van der Waals surface area (Å²) in [4.78, 5) is 0. The minimum atomic E-state index is -0.240. The summed E-state index contributed by atoms with van der Waals surface area (Å²) < 4.78 is 19.7. The van der Waals surface area contributed by atoms with Gasteiger partial charge < -0.3 is 4.74 Å². The Kier molecular flexibility index (Phi) is 3.12. The zero-order valence-electron chi connectivity index (χ0n) is 9.66. The van der Waals surface area contributed by atoms with Gasteiger partial charge >= 0.3 is 0 Å². The van der Waals surface area contributed by atoms with E-state index in [0.717, 1.165) is 22.9 Å². The van der Waals surface area contributed by atoms with E-state index < -0.39 is 0 Å². The van der Waals surface area contributed by atoms with E-state index in [1.165, 1.54) is 37.8 Å². The van der Waals surface area contributed by atoms with Gasteiger partial charge in [0.2, 0.25) is 0 Å². The van der Waals surface area contributed by atoms with Crippen LogP contribution in [0.5, 0.6) is 5.75 Å². The second-order valence-electron chi connectivity index (χ2n) is 5.32. The Morgan fingerprint density at radius 1 is 1.29 bits per heavy atom. The van der Waals surface area contributed by atoms with E-state index >= 15 is 0 Å². The van der Waals surface area contributed by atoms with E-state index in [1.54, 1.807) is 6.07 Å². The molecule has 2 bridgehead atoms. The van der Waals surface area contributed by atoms with E-state index in [1.807, 2.05) is 0 Å². The Morgan fingerprint density at radius 2 is 2.18 bits per heavy atom. The summed E-state index contributed by atoms with van der Waals surface area (Å²) in [7, 11) is 0. The number of halogens is 2. The van der Waals surface area contributed by atoms with Gasteiger partial charge in [0, 0.05) is 6.07 Å². The van der Waals surface area contributed by atoms with Gasteiger partial charge in [0.25, 0.3) is 0 Å². The van der Waals surface area contributed by atoms with E-state index in [-0.39, 0.29) is 5.82 Å². The number of hydrogen-bond acceptors (Lipinski definition) is 1. The van der Waals surface area contributed by atoms with Crippen molar-refractivity contribution < 1.29 is 9.13 Å². The standard InChI is InChI=1S/C14H16BrFO/c15-13-4-3-12(16)7-14(13)17-8-11-6-9-1-2-10(11)5-9/h3-4,7,9-11H,1-2,5-6,8H2. The van der Waals surface area contributed by atoms with E-state index in [2.05, 4.69) is 15.9 Å². The predicted molar refractivity (Wildman–Crippen MR) is 68.5 cm³/mol. The molecule has 0 heterocycles. The Bertz CT molecular complexity index is 421. The average molecular weight is 299 g/mol. The van der Waals surface area contributed by atoms with Gasteiger partial charge in [0.1, 0.15) is 11.6 Å². The topological polar surface area (TPSA) is 9.23 Å². The molecule has 0 radical (unpaired) electrons. The first-order valence-corrected chi connectivity index (χ1v) is 7.09. The third-order valence-corrected chi connectivity index (χ3v) is 4.89. The van der Waals surface area contributed by atoms with Crippen LogP contribution in [0.3, 0.4) is 0 Å². The molecule has 3 atom stereocenters. The largest absolute Gasteiger partial charge is 0.492 e. The van der Waals surface area contributed by atoms with Crippen molar-refractivity contribution in [3.63, 3.8) is 0 Å². The van der Waals surface area contributed by atoms with Crippen molar-refractivity contribution in [1.82, 2.24) is 0 Å². The molecular weight excluding hydrogens is 283 g/mol. The number of benzene rings is 1. The minimum Gasteiger partial charge on any atom is -0.492 e. The second-order valence-corrected chi connectivity index (χ2v) is 6.18. The monoisotopic (exact) mass is 298 g/mol. The van der Waals surface area contributed by atoms with Crippen molar-refractivity contribution in [3.05, 3.63) is 28.5 Å². The van der Waals surface area contributed by atoms with Gasteiger partial charge in [-0.15, -0.1) is 0 Å². The van der Waals surface area contributed by atoms with Gasteiger partial charge in [-0.1, -0.05) is 6.42 Å². The fraction of sp³-hybridized carbons (Fsp3) is 0.571. The highest BCUT2D eigenvalue weighted by Crippen LogP contribution is 2.48. The molecule has 0 saturated heterocycles. The van der Waals surface area contributed by atoms with Crippen LogP contribution in [0.25, 0.3) is 0 Å². The summed E-state index contributed by atoms with van der Waals surface area (Å²) >= 11 is 3.39. The van der Waals surface area contributed by atoms with Crippen molar-refractivity contribution in [2.45, 2.75) is 25.7 Å². The molecule has 2 aliphatic carbocycles.